The molecule has 3 rings (SSSR count). The number of likely N-dealkylation sites (tertiary alicyclic amines) is 1. The Balaban J connectivity index is 1.81. The minimum absolute atomic E-state index is 0.0470. The normalized spacial score (nSPS) is 23.4. The molecule has 2 amide bonds. The third kappa shape index (κ3) is 3.28. The molecule has 1 spiro atoms. The smallest absolute Gasteiger partial charge is 0.263 e. The van der Waals surface area contributed by atoms with Gasteiger partial charge >= 0.3 is 0 Å². The lowest BCUT2D eigenvalue weighted by Gasteiger charge is -2.37. The molecule has 0 aromatic carbocycles. The van der Waals surface area contributed by atoms with E-state index in [-0.39, 0.29) is 29.2 Å². The summed E-state index contributed by atoms with van der Waals surface area (Å²) in [6.45, 7) is 6.45. The quantitative estimate of drug-likeness (QED) is 0.920. The van der Waals surface area contributed by atoms with E-state index in [9.17, 15) is 9.59 Å². The number of nitrogens with one attached hydrogen (secondary N) is 1. The van der Waals surface area contributed by atoms with Gasteiger partial charge in [-0.3, -0.25) is 9.59 Å². The van der Waals surface area contributed by atoms with Gasteiger partial charge in [-0.1, -0.05) is 6.07 Å². The standard InChI is InChI=1S/C17H24N2O3S/c1-12(2)18-15(20)13-10-19(16(21)14-4-3-9-23-14)11-17(13)5-7-22-8-6-17/h3-4,9,12-13H,5-8,10-11H2,1-2H3,(H,18,20). The van der Waals surface area contributed by atoms with Crippen LogP contribution in [0, 0.1) is 11.3 Å². The number of thiophene rings is 1. The summed E-state index contributed by atoms with van der Waals surface area (Å²) in [7, 11) is 0. The van der Waals surface area contributed by atoms with Crippen LogP contribution in [0.3, 0.4) is 0 Å². The predicted octanol–water partition coefficient (Wildman–Crippen LogP) is 2.14. The maximum atomic E-state index is 12.7. The molecule has 1 aromatic rings. The van der Waals surface area contributed by atoms with E-state index in [4.69, 9.17) is 4.74 Å². The molecule has 126 valence electrons. The van der Waals surface area contributed by atoms with Crippen LogP contribution >= 0.6 is 11.3 Å². The number of hydrogen-bond donors (Lipinski definition) is 1. The Hall–Kier alpha value is -1.40. The van der Waals surface area contributed by atoms with Crippen LogP contribution in [0.2, 0.25) is 0 Å². The number of rotatable bonds is 3. The zero-order chi connectivity index (χ0) is 16.4. The van der Waals surface area contributed by atoms with Crippen LogP contribution in [0.5, 0.6) is 0 Å². The van der Waals surface area contributed by atoms with Crippen molar-refractivity contribution in [3.8, 4) is 0 Å². The van der Waals surface area contributed by atoms with Gasteiger partial charge in [0.05, 0.1) is 10.8 Å². The molecule has 2 aliphatic heterocycles. The fourth-order valence-electron chi connectivity index (χ4n) is 3.71. The number of carbonyl (C=O) groups is 2. The summed E-state index contributed by atoms with van der Waals surface area (Å²) >= 11 is 1.46. The molecule has 2 aliphatic rings. The second-order valence-electron chi connectivity index (χ2n) is 6.85. The molecule has 5 nitrogen and oxygen atoms in total. The number of nitrogens with zero attached hydrogens (tertiary/aromatic N) is 1. The van der Waals surface area contributed by atoms with Crippen LogP contribution < -0.4 is 5.32 Å². The van der Waals surface area contributed by atoms with E-state index in [1.54, 1.807) is 0 Å². The first-order valence-electron chi connectivity index (χ1n) is 8.23. The fourth-order valence-corrected chi connectivity index (χ4v) is 4.40. The molecule has 6 heteroatoms. The van der Waals surface area contributed by atoms with Crippen LogP contribution in [0.25, 0.3) is 0 Å². The van der Waals surface area contributed by atoms with Gasteiger partial charge in [0.1, 0.15) is 0 Å². The first-order valence-corrected chi connectivity index (χ1v) is 9.11. The van der Waals surface area contributed by atoms with E-state index in [1.807, 2.05) is 36.3 Å². The lowest BCUT2D eigenvalue weighted by molar-refractivity contribution is -0.130. The van der Waals surface area contributed by atoms with E-state index in [1.165, 1.54) is 11.3 Å². The summed E-state index contributed by atoms with van der Waals surface area (Å²) in [5.41, 5.74) is -0.135. The van der Waals surface area contributed by atoms with Crippen molar-refractivity contribution in [2.24, 2.45) is 11.3 Å². The van der Waals surface area contributed by atoms with Crippen LogP contribution in [-0.2, 0) is 9.53 Å². The van der Waals surface area contributed by atoms with Gasteiger partial charge in [-0.25, -0.2) is 0 Å². The molecule has 2 saturated heterocycles. The molecular weight excluding hydrogens is 312 g/mol. The van der Waals surface area contributed by atoms with E-state index >= 15 is 0 Å². The Kier molecular flexibility index (Phi) is 4.73. The molecule has 1 unspecified atom stereocenters. The lowest BCUT2D eigenvalue weighted by Crippen LogP contribution is -2.46. The second kappa shape index (κ2) is 6.61. The van der Waals surface area contributed by atoms with Gasteiger partial charge in [-0.05, 0) is 38.1 Å². The molecular formula is C17H24N2O3S. The molecule has 0 aliphatic carbocycles. The van der Waals surface area contributed by atoms with Gasteiger partial charge in [0.25, 0.3) is 5.91 Å². The van der Waals surface area contributed by atoms with Crippen molar-refractivity contribution < 1.29 is 14.3 Å². The number of hydrogen-bond acceptors (Lipinski definition) is 4. The van der Waals surface area contributed by atoms with Crippen LogP contribution in [0.1, 0.15) is 36.4 Å². The Morgan fingerprint density at radius 1 is 1.39 bits per heavy atom. The van der Waals surface area contributed by atoms with E-state index in [2.05, 4.69) is 5.32 Å². The molecule has 2 fully saturated rings. The predicted molar refractivity (Wildman–Crippen MR) is 89.5 cm³/mol. The summed E-state index contributed by atoms with van der Waals surface area (Å²) in [6.07, 6.45) is 1.69. The minimum atomic E-state index is -0.141. The van der Waals surface area contributed by atoms with Crippen molar-refractivity contribution in [3.63, 3.8) is 0 Å². The summed E-state index contributed by atoms with van der Waals surface area (Å²) < 4.78 is 5.50. The zero-order valence-corrected chi connectivity index (χ0v) is 14.5. The van der Waals surface area contributed by atoms with E-state index < -0.39 is 0 Å². The molecule has 0 radical (unpaired) electrons. The lowest BCUT2D eigenvalue weighted by atomic mass is 9.71. The molecule has 23 heavy (non-hydrogen) atoms. The molecule has 1 atom stereocenters. The third-order valence-electron chi connectivity index (χ3n) is 4.90. The maximum absolute atomic E-state index is 12.7. The highest BCUT2D eigenvalue weighted by molar-refractivity contribution is 7.12. The molecule has 3 heterocycles. The summed E-state index contributed by atoms with van der Waals surface area (Å²) in [5, 5.41) is 4.95. The Morgan fingerprint density at radius 3 is 2.74 bits per heavy atom. The molecule has 1 N–H and O–H groups in total. The summed E-state index contributed by atoms with van der Waals surface area (Å²) in [5.74, 6) is -0.0215. The number of ether oxygens (including phenoxy) is 1. The average molecular weight is 336 g/mol. The number of amides is 2. The highest BCUT2D eigenvalue weighted by Crippen LogP contribution is 2.45. The van der Waals surface area contributed by atoms with Crippen LogP contribution in [0.15, 0.2) is 17.5 Å². The van der Waals surface area contributed by atoms with Crippen molar-refractivity contribution >= 4 is 23.2 Å². The van der Waals surface area contributed by atoms with Crippen molar-refractivity contribution in [2.75, 3.05) is 26.3 Å². The van der Waals surface area contributed by atoms with E-state index in [0.29, 0.717) is 26.3 Å². The van der Waals surface area contributed by atoms with Gasteiger partial charge in [0.2, 0.25) is 5.91 Å². The highest BCUT2D eigenvalue weighted by Gasteiger charge is 2.51. The monoisotopic (exact) mass is 336 g/mol. The summed E-state index contributed by atoms with van der Waals surface area (Å²) in [4.78, 5) is 28.0. The van der Waals surface area contributed by atoms with E-state index in [0.717, 1.165) is 17.7 Å². The fraction of sp³-hybridized carbons (Fsp3) is 0.647. The van der Waals surface area contributed by atoms with Gasteiger partial charge < -0.3 is 15.0 Å². The van der Waals surface area contributed by atoms with Crippen LogP contribution in [0.4, 0.5) is 0 Å². The van der Waals surface area contributed by atoms with Crippen LogP contribution in [-0.4, -0.2) is 49.1 Å². The molecule has 0 bridgehead atoms. The first-order chi connectivity index (χ1) is 11.0. The Morgan fingerprint density at radius 2 is 2.13 bits per heavy atom. The van der Waals surface area contributed by atoms with Crippen molar-refractivity contribution in [2.45, 2.75) is 32.7 Å². The zero-order valence-electron chi connectivity index (χ0n) is 13.7. The average Bonchev–Trinajstić information content (AvgIpc) is 3.15. The maximum Gasteiger partial charge on any atom is 0.263 e. The third-order valence-corrected chi connectivity index (χ3v) is 5.76. The highest BCUT2D eigenvalue weighted by atomic mass is 32.1. The largest absolute Gasteiger partial charge is 0.381 e. The Labute approximate surface area is 141 Å². The summed E-state index contributed by atoms with van der Waals surface area (Å²) in [6, 6.07) is 3.85. The van der Waals surface area contributed by atoms with Crippen molar-refractivity contribution in [3.05, 3.63) is 22.4 Å². The topological polar surface area (TPSA) is 58.6 Å². The first kappa shape index (κ1) is 16.5. The Bertz CT molecular complexity index is 564. The SMILES string of the molecule is CC(C)NC(=O)C1CN(C(=O)c2cccs2)CC12CCOCC2. The van der Waals surface area contributed by atoms with Gasteiger partial charge in [-0.2, -0.15) is 0 Å². The van der Waals surface area contributed by atoms with Crippen molar-refractivity contribution in [1.82, 2.24) is 10.2 Å². The minimum Gasteiger partial charge on any atom is -0.381 e. The molecule has 1 aromatic heterocycles. The number of carbonyl (C=O) groups excluding carboxylic acids is 2. The van der Waals surface area contributed by atoms with Gasteiger partial charge in [-0.15, -0.1) is 11.3 Å². The molecule has 0 saturated carbocycles. The van der Waals surface area contributed by atoms with Gasteiger partial charge in [0, 0.05) is 37.8 Å². The van der Waals surface area contributed by atoms with Crippen molar-refractivity contribution in [1.29, 1.82) is 0 Å². The second-order valence-corrected chi connectivity index (χ2v) is 7.80. The van der Waals surface area contributed by atoms with Gasteiger partial charge in [0.15, 0.2) is 0 Å².